The first-order valence-corrected chi connectivity index (χ1v) is 6.82. The number of carbonyl (C=O) groups is 1. The maximum Gasteiger partial charge on any atom is 0.225 e. The molecule has 1 aliphatic heterocycles. The zero-order valence-electron chi connectivity index (χ0n) is 11.9. The molecule has 1 fully saturated rings. The fourth-order valence-electron chi connectivity index (χ4n) is 2.10. The second-order valence-electron chi connectivity index (χ2n) is 5.54. The van der Waals surface area contributed by atoms with E-state index in [-0.39, 0.29) is 36.1 Å². The molecule has 1 atom stereocenters. The van der Waals surface area contributed by atoms with E-state index in [4.69, 9.17) is 0 Å². The number of halogens is 2. The van der Waals surface area contributed by atoms with Gasteiger partial charge in [0, 0.05) is 19.1 Å². The lowest BCUT2D eigenvalue weighted by atomic mass is 9.94. The molecule has 0 saturated carbocycles. The summed E-state index contributed by atoms with van der Waals surface area (Å²) in [7, 11) is 0. The lowest BCUT2D eigenvalue weighted by Crippen LogP contribution is -2.53. The molecule has 20 heavy (non-hydrogen) atoms. The first kappa shape index (κ1) is 16.9. The molecule has 2 N–H and O–H groups in total. The highest BCUT2D eigenvalue weighted by molar-refractivity contribution is 5.85. The molecule has 0 bridgehead atoms. The van der Waals surface area contributed by atoms with Gasteiger partial charge >= 0.3 is 0 Å². The van der Waals surface area contributed by atoms with Gasteiger partial charge in [0.2, 0.25) is 5.91 Å². The van der Waals surface area contributed by atoms with Crippen LogP contribution in [-0.2, 0) is 11.2 Å². The topological polar surface area (TPSA) is 41.1 Å². The lowest BCUT2D eigenvalue weighted by molar-refractivity contribution is -0.127. The summed E-state index contributed by atoms with van der Waals surface area (Å²) < 4.78 is 12.9. The SMILES string of the molecule is CC(C)C(Cc1ccc(F)cc1)NC(=O)C1CNC1.Cl. The monoisotopic (exact) mass is 300 g/mol. The zero-order valence-corrected chi connectivity index (χ0v) is 12.7. The molecule has 5 heteroatoms. The van der Waals surface area contributed by atoms with Crippen molar-refractivity contribution in [2.75, 3.05) is 13.1 Å². The van der Waals surface area contributed by atoms with Crippen molar-refractivity contribution in [1.29, 1.82) is 0 Å². The van der Waals surface area contributed by atoms with Gasteiger partial charge in [-0.15, -0.1) is 12.4 Å². The average molecular weight is 301 g/mol. The van der Waals surface area contributed by atoms with Gasteiger partial charge in [0.15, 0.2) is 0 Å². The number of benzene rings is 1. The Balaban J connectivity index is 0.00000200. The van der Waals surface area contributed by atoms with Gasteiger partial charge in [0.1, 0.15) is 5.82 Å². The van der Waals surface area contributed by atoms with Crippen LogP contribution in [0.25, 0.3) is 0 Å². The molecule has 0 spiro atoms. The average Bonchev–Trinajstić information content (AvgIpc) is 2.28. The maximum atomic E-state index is 12.9. The van der Waals surface area contributed by atoms with Crippen LogP contribution < -0.4 is 10.6 Å². The number of carbonyl (C=O) groups excluding carboxylic acids is 1. The molecule has 1 unspecified atom stereocenters. The largest absolute Gasteiger partial charge is 0.352 e. The molecule has 1 saturated heterocycles. The van der Waals surface area contributed by atoms with E-state index in [1.165, 1.54) is 12.1 Å². The zero-order chi connectivity index (χ0) is 13.8. The second-order valence-corrected chi connectivity index (χ2v) is 5.54. The molecule has 1 aliphatic rings. The third kappa shape index (κ3) is 4.46. The van der Waals surface area contributed by atoms with Crippen LogP contribution in [0.2, 0.25) is 0 Å². The fraction of sp³-hybridized carbons (Fsp3) is 0.533. The summed E-state index contributed by atoms with van der Waals surface area (Å²) in [5.41, 5.74) is 1.05. The Morgan fingerprint density at radius 2 is 1.95 bits per heavy atom. The van der Waals surface area contributed by atoms with E-state index in [0.29, 0.717) is 5.92 Å². The van der Waals surface area contributed by atoms with Gasteiger partial charge in [-0.1, -0.05) is 26.0 Å². The lowest BCUT2D eigenvalue weighted by Gasteiger charge is -2.30. The third-order valence-corrected chi connectivity index (χ3v) is 3.65. The van der Waals surface area contributed by atoms with Crippen molar-refractivity contribution in [3.05, 3.63) is 35.6 Å². The minimum absolute atomic E-state index is 0. The highest BCUT2D eigenvalue weighted by Crippen LogP contribution is 2.13. The van der Waals surface area contributed by atoms with Crippen molar-refractivity contribution >= 4 is 18.3 Å². The molecule has 2 rings (SSSR count). The molecule has 0 radical (unpaired) electrons. The Morgan fingerprint density at radius 1 is 1.35 bits per heavy atom. The number of amides is 1. The minimum Gasteiger partial charge on any atom is -0.352 e. The Kier molecular flexibility index (Phi) is 6.43. The summed E-state index contributed by atoms with van der Waals surface area (Å²) in [4.78, 5) is 12.0. The molecular weight excluding hydrogens is 279 g/mol. The highest BCUT2D eigenvalue weighted by Gasteiger charge is 2.27. The van der Waals surface area contributed by atoms with Crippen LogP contribution in [0, 0.1) is 17.7 Å². The van der Waals surface area contributed by atoms with Crippen LogP contribution in [0.4, 0.5) is 4.39 Å². The summed E-state index contributed by atoms with van der Waals surface area (Å²) in [6.07, 6.45) is 0.740. The van der Waals surface area contributed by atoms with Crippen molar-refractivity contribution in [3.8, 4) is 0 Å². The normalized spacial score (nSPS) is 16.2. The first-order valence-electron chi connectivity index (χ1n) is 6.82. The Hall–Kier alpha value is -1.13. The molecule has 112 valence electrons. The van der Waals surface area contributed by atoms with Gasteiger partial charge < -0.3 is 10.6 Å². The van der Waals surface area contributed by atoms with E-state index >= 15 is 0 Å². The van der Waals surface area contributed by atoms with E-state index < -0.39 is 0 Å². The predicted molar refractivity (Wildman–Crippen MR) is 80.5 cm³/mol. The molecule has 1 aromatic carbocycles. The molecule has 3 nitrogen and oxygen atoms in total. The third-order valence-electron chi connectivity index (χ3n) is 3.65. The molecule has 0 aliphatic carbocycles. The Morgan fingerprint density at radius 3 is 2.40 bits per heavy atom. The number of rotatable bonds is 5. The number of nitrogens with one attached hydrogen (secondary N) is 2. The summed E-state index contributed by atoms with van der Waals surface area (Å²) in [5, 5.41) is 6.21. The van der Waals surface area contributed by atoms with Gasteiger partial charge in [0.05, 0.1) is 5.92 Å². The maximum absolute atomic E-state index is 12.9. The Labute approximate surface area is 125 Å². The summed E-state index contributed by atoms with van der Waals surface area (Å²) in [6, 6.07) is 6.58. The van der Waals surface area contributed by atoms with Crippen molar-refractivity contribution in [3.63, 3.8) is 0 Å². The molecule has 0 aromatic heterocycles. The van der Waals surface area contributed by atoms with Crippen molar-refractivity contribution in [2.24, 2.45) is 11.8 Å². The predicted octanol–water partition coefficient (Wildman–Crippen LogP) is 2.15. The molecular formula is C15H22ClFN2O. The van der Waals surface area contributed by atoms with E-state index in [0.717, 1.165) is 25.1 Å². The molecule has 1 aromatic rings. The number of hydrogen-bond donors (Lipinski definition) is 2. The standard InChI is InChI=1S/C15H21FN2O.ClH/c1-10(2)14(18-15(19)12-8-17-9-12)7-11-3-5-13(16)6-4-11;/h3-6,10,12,14,17H,7-9H2,1-2H3,(H,18,19);1H. The Bertz CT molecular complexity index is 432. The fourth-order valence-corrected chi connectivity index (χ4v) is 2.10. The molecule has 1 heterocycles. The summed E-state index contributed by atoms with van der Waals surface area (Å²) in [6.45, 7) is 5.72. The van der Waals surface area contributed by atoms with Crippen molar-refractivity contribution < 1.29 is 9.18 Å². The van der Waals surface area contributed by atoms with E-state index in [1.807, 2.05) is 0 Å². The first-order chi connectivity index (χ1) is 9.06. The van der Waals surface area contributed by atoms with Gasteiger partial charge in [-0.25, -0.2) is 4.39 Å². The minimum atomic E-state index is -0.227. The van der Waals surface area contributed by atoms with Crippen LogP contribution >= 0.6 is 12.4 Å². The molecule has 1 amide bonds. The second kappa shape index (κ2) is 7.60. The summed E-state index contributed by atoms with van der Waals surface area (Å²) >= 11 is 0. The van der Waals surface area contributed by atoms with E-state index in [9.17, 15) is 9.18 Å². The van der Waals surface area contributed by atoms with Gasteiger partial charge in [-0.2, -0.15) is 0 Å². The van der Waals surface area contributed by atoms with Crippen LogP contribution in [0.3, 0.4) is 0 Å². The van der Waals surface area contributed by atoms with E-state index in [2.05, 4.69) is 24.5 Å². The van der Waals surface area contributed by atoms with Crippen LogP contribution in [-0.4, -0.2) is 25.0 Å². The van der Waals surface area contributed by atoms with Crippen LogP contribution in [0.15, 0.2) is 24.3 Å². The van der Waals surface area contributed by atoms with Crippen LogP contribution in [0.1, 0.15) is 19.4 Å². The van der Waals surface area contributed by atoms with E-state index in [1.54, 1.807) is 12.1 Å². The highest BCUT2D eigenvalue weighted by atomic mass is 35.5. The van der Waals surface area contributed by atoms with Crippen molar-refractivity contribution in [2.45, 2.75) is 26.3 Å². The quantitative estimate of drug-likeness (QED) is 0.875. The van der Waals surface area contributed by atoms with Crippen LogP contribution in [0.5, 0.6) is 0 Å². The van der Waals surface area contributed by atoms with Gasteiger partial charge in [-0.05, 0) is 30.0 Å². The smallest absolute Gasteiger partial charge is 0.225 e. The van der Waals surface area contributed by atoms with Crippen molar-refractivity contribution in [1.82, 2.24) is 10.6 Å². The van der Waals surface area contributed by atoms with Gasteiger partial charge in [0.25, 0.3) is 0 Å². The number of hydrogen-bond acceptors (Lipinski definition) is 2. The summed E-state index contributed by atoms with van der Waals surface area (Å²) in [5.74, 6) is 0.352. The van der Waals surface area contributed by atoms with Gasteiger partial charge in [-0.3, -0.25) is 4.79 Å².